The van der Waals surface area contributed by atoms with Crippen molar-refractivity contribution in [3.8, 4) is 0 Å². The molecule has 1 saturated heterocycles. The fourth-order valence-electron chi connectivity index (χ4n) is 3.41. The molecule has 0 spiro atoms. The number of thioether (sulfide) groups is 1. The van der Waals surface area contributed by atoms with Crippen molar-refractivity contribution in [2.45, 2.75) is 36.5 Å². The zero-order valence-electron chi connectivity index (χ0n) is 17.2. The Balaban J connectivity index is 1.29. The minimum atomic E-state index is -0.382. The molecule has 7 nitrogen and oxygen atoms in total. The minimum Gasteiger partial charge on any atom is -0.461 e. The third-order valence-corrected chi connectivity index (χ3v) is 6.98. The zero-order valence-corrected chi connectivity index (χ0v) is 18.8. The quantitative estimate of drug-likeness (QED) is 0.378. The van der Waals surface area contributed by atoms with E-state index in [0.717, 1.165) is 28.6 Å². The average molecular weight is 458 g/mol. The van der Waals surface area contributed by atoms with Gasteiger partial charge in [0.05, 0.1) is 22.4 Å². The fraction of sp³-hybridized carbons (Fsp3) is 0.364. The van der Waals surface area contributed by atoms with E-state index in [0.29, 0.717) is 36.9 Å². The molecule has 0 N–H and O–H groups in total. The smallest absolute Gasteiger partial charge is 0.357 e. The number of aromatic nitrogens is 2. The Morgan fingerprint density at radius 3 is 2.84 bits per heavy atom. The first-order valence-electron chi connectivity index (χ1n) is 10.2. The van der Waals surface area contributed by atoms with Crippen molar-refractivity contribution >= 4 is 35.0 Å². The highest BCUT2D eigenvalue weighted by atomic mass is 32.2. The van der Waals surface area contributed by atoms with Crippen molar-refractivity contribution in [2.24, 2.45) is 0 Å². The van der Waals surface area contributed by atoms with Gasteiger partial charge in [0.2, 0.25) is 0 Å². The lowest BCUT2D eigenvalue weighted by Gasteiger charge is -2.30. The lowest BCUT2D eigenvalue weighted by atomic mass is 9.97. The van der Waals surface area contributed by atoms with Crippen LogP contribution in [0.2, 0.25) is 0 Å². The Kier molecular flexibility index (Phi) is 7.03. The van der Waals surface area contributed by atoms with Crippen LogP contribution >= 0.6 is 23.1 Å². The first-order valence-corrected chi connectivity index (χ1v) is 12.0. The van der Waals surface area contributed by atoms with Gasteiger partial charge < -0.3 is 14.1 Å². The van der Waals surface area contributed by atoms with Crippen LogP contribution in [0.3, 0.4) is 0 Å². The van der Waals surface area contributed by atoms with Crippen LogP contribution in [0.4, 0.5) is 0 Å². The Morgan fingerprint density at radius 2 is 2.10 bits per heavy atom. The van der Waals surface area contributed by atoms with E-state index in [1.54, 1.807) is 36.3 Å². The Hall–Kier alpha value is -2.65. The molecule has 3 aromatic rings. The first kappa shape index (κ1) is 21.6. The molecule has 0 unspecified atom stereocenters. The number of nitrogens with zero attached hydrogens (tertiary/aromatic N) is 3. The van der Waals surface area contributed by atoms with Crippen LogP contribution in [0.15, 0.2) is 51.4 Å². The molecule has 9 heteroatoms. The highest BCUT2D eigenvalue weighted by molar-refractivity contribution is 7.98. The van der Waals surface area contributed by atoms with Crippen molar-refractivity contribution < 1.29 is 18.7 Å². The van der Waals surface area contributed by atoms with Crippen molar-refractivity contribution in [2.75, 3.05) is 19.7 Å². The van der Waals surface area contributed by atoms with Crippen LogP contribution in [-0.2, 0) is 10.5 Å². The van der Waals surface area contributed by atoms with E-state index in [2.05, 4.69) is 9.97 Å². The molecule has 1 aliphatic rings. The molecule has 0 radical (unpaired) electrons. The molecule has 0 saturated carbocycles. The van der Waals surface area contributed by atoms with Crippen LogP contribution in [0, 0.1) is 0 Å². The normalized spacial score (nSPS) is 14.5. The van der Waals surface area contributed by atoms with Crippen LogP contribution in [0.1, 0.15) is 57.5 Å². The van der Waals surface area contributed by atoms with Gasteiger partial charge in [-0.2, -0.15) is 0 Å². The number of thiazole rings is 1. The summed E-state index contributed by atoms with van der Waals surface area (Å²) in [4.78, 5) is 35.2. The van der Waals surface area contributed by atoms with E-state index in [9.17, 15) is 9.59 Å². The maximum atomic E-state index is 12.8. The van der Waals surface area contributed by atoms with Gasteiger partial charge in [-0.25, -0.2) is 14.8 Å². The number of furan rings is 1. The summed E-state index contributed by atoms with van der Waals surface area (Å²) in [5.41, 5.74) is 0.368. The second-order valence-corrected chi connectivity index (χ2v) is 8.97. The number of pyridine rings is 1. The summed E-state index contributed by atoms with van der Waals surface area (Å²) in [5, 5.41) is 3.60. The van der Waals surface area contributed by atoms with Crippen LogP contribution in [-0.4, -0.2) is 46.4 Å². The molecule has 1 amide bonds. The highest BCUT2D eigenvalue weighted by Gasteiger charge is 2.28. The third-order valence-electron chi connectivity index (χ3n) is 5.01. The topological polar surface area (TPSA) is 85.5 Å². The maximum Gasteiger partial charge on any atom is 0.357 e. The van der Waals surface area contributed by atoms with E-state index in [-0.39, 0.29) is 17.8 Å². The molecule has 3 aromatic heterocycles. The summed E-state index contributed by atoms with van der Waals surface area (Å²) in [6.45, 7) is 3.38. The van der Waals surface area contributed by atoms with Gasteiger partial charge >= 0.3 is 5.97 Å². The third kappa shape index (κ3) is 5.34. The van der Waals surface area contributed by atoms with Crippen LogP contribution in [0.25, 0.3) is 0 Å². The zero-order chi connectivity index (χ0) is 21.6. The number of carbonyl (C=O) groups is 2. The predicted molar refractivity (Wildman–Crippen MR) is 118 cm³/mol. The fourth-order valence-corrected chi connectivity index (χ4v) is 5.12. The average Bonchev–Trinajstić information content (AvgIpc) is 3.48. The number of hydrogen-bond acceptors (Lipinski definition) is 8. The van der Waals surface area contributed by atoms with E-state index in [1.165, 1.54) is 11.3 Å². The van der Waals surface area contributed by atoms with Gasteiger partial charge in [0.1, 0.15) is 5.76 Å². The summed E-state index contributed by atoms with van der Waals surface area (Å²) in [6, 6.07) is 9.36. The second kappa shape index (κ2) is 10.1. The number of piperidine rings is 1. The number of rotatable bonds is 7. The monoisotopic (exact) mass is 457 g/mol. The lowest BCUT2D eigenvalue weighted by Crippen LogP contribution is -2.37. The number of amides is 1. The van der Waals surface area contributed by atoms with Gasteiger partial charge in [-0.15, -0.1) is 11.3 Å². The van der Waals surface area contributed by atoms with Crippen molar-refractivity contribution in [3.05, 3.63) is 64.1 Å². The summed E-state index contributed by atoms with van der Waals surface area (Å²) in [7, 11) is 0. The molecule has 31 heavy (non-hydrogen) atoms. The SMILES string of the molecule is CCOC(=O)c1csc(C2CCN(C(=O)c3ccc(CSc4ccccn4)o3)CC2)n1. The number of esters is 1. The molecule has 1 aliphatic heterocycles. The molecule has 162 valence electrons. The molecule has 4 rings (SSSR count). The van der Waals surface area contributed by atoms with Crippen molar-refractivity contribution in [3.63, 3.8) is 0 Å². The molecular formula is C22H23N3O4S2. The van der Waals surface area contributed by atoms with Gasteiger partial charge in [0.25, 0.3) is 5.91 Å². The number of hydrogen-bond donors (Lipinski definition) is 0. The van der Waals surface area contributed by atoms with E-state index in [1.807, 2.05) is 29.2 Å². The van der Waals surface area contributed by atoms with Crippen molar-refractivity contribution in [1.29, 1.82) is 0 Å². The van der Waals surface area contributed by atoms with Gasteiger partial charge in [0, 0.05) is 30.6 Å². The highest BCUT2D eigenvalue weighted by Crippen LogP contribution is 2.31. The number of carbonyl (C=O) groups excluding carboxylic acids is 2. The largest absolute Gasteiger partial charge is 0.461 e. The summed E-state index contributed by atoms with van der Waals surface area (Å²) in [5.74, 6) is 1.53. The summed E-state index contributed by atoms with van der Waals surface area (Å²) < 4.78 is 10.8. The standard InChI is InChI=1S/C22H23N3O4S2/c1-2-28-22(27)17-14-31-20(24-17)15-8-11-25(12-9-15)21(26)18-7-6-16(29-18)13-30-19-5-3-4-10-23-19/h3-7,10,14-15H,2,8-9,11-13H2,1H3. The van der Waals surface area contributed by atoms with Gasteiger partial charge in [-0.1, -0.05) is 17.8 Å². The first-order chi connectivity index (χ1) is 15.1. The van der Waals surface area contributed by atoms with Gasteiger partial charge in [-0.3, -0.25) is 4.79 Å². The van der Waals surface area contributed by atoms with Crippen LogP contribution < -0.4 is 0 Å². The molecule has 0 aromatic carbocycles. The maximum absolute atomic E-state index is 12.8. The second-order valence-electron chi connectivity index (χ2n) is 7.08. The summed E-state index contributed by atoms with van der Waals surface area (Å²) >= 11 is 3.05. The molecule has 0 atom stereocenters. The van der Waals surface area contributed by atoms with E-state index >= 15 is 0 Å². The Bertz CT molecular complexity index is 1030. The molecule has 0 aliphatic carbocycles. The minimum absolute atomic E-state index is 0.0844. The molecule has 4 heterocycles. The Morgan fingerprint density at radius 1 is 1.26 bits per heavy atom. The Labute approximate surface area is 188 Å². The van der Waals surface area contributed by atoms with Crippen LogP contribution in [0.5, 0.6) is 0 Å². The molecule has 1 fully saturated rings. The van der Waals surface area contributed by atoms with E-state index in [4.69, 9.17) is 9.15 Å². The summed E-state index contributed by atoms with van der Waals surface area (Å²) in [6.07, 6.45) is 3.38. The molecular weight excluding hydrogens is 434 g/mol. The van der Waals surface area contributed by atoms with Gasteiger partial charge in [-0.05, 0) is 44.0 Å². The van der Waals surface area contributed by atoms with E-state index < -0.39 is 0 Å². The number of ether oxygens (including phenoxy) is 1. The van der Waals surface area contributed by atoms with Gasteiger partial charge in [0.15, 0.2) is 11.5 Å². The lowest BCUT2D eigenvalue weighted by molar-refractivity contribution is 0.0520. The van der Waals surface area contributed by atoms with Crippen molar-refractivity contribution in [1.82, 2.24) is 14.9 Å². The predicted octanol–water partition coefficient (Wildman–Crippen LogP) is 4.62. The molecule has 0 bridgehead atoms. The number of likely N-dealkylation sites (tertiary alicyclic amines) is 1.